The van der Waals surface area contributed by atoms with Crippen molar-refractivity contribution in [2.24, 2.45) is 0 Å². The fourth-order valence-electron chi connectivity index (χ4n) is 1.66. The molecule has 0 amide bonds. The molecule has 15 heavy (non-hydrogen) atoms. The summed E-state index contributed by atoms with van der Waals surface area (Å²) in [4.78, 5) is 0. The Morgan fingerprint density at radius 2 is 0.867 bits per heavy atom. The van der Waals surface area contributed by atoms with Crippen LogP contribution in [-0.4, -0.2) is 35.1 Å². The molecule has 1 aromatic carbocycles. The van der Waals surface area contributed by atoms with Crippen molar-refractivity contribution in [2.75, 3.05) is 19.8 Å². The van der Waals surface area contributed by atoms with E-state index in [1.54, 1.807) is 0 Å². The third kappa shape index (κ3) is 4.00. The molecular formula is C12H18O3. The fraction of sp³-hybridized carbons (Fsp3) is 0.500. The van der Waals surface area contributed by atoms with Crippen LogP contribution in [0.3, 0.4) is 0 Å². The maximum atomic E-state index is 8.86. The summed E-state index contributed by atoms with van der Waals surface area (Å²) >= 11 is 0. The van der Waals surface area contributed by atoms with E-state index in [2.05, 4.69) is 0 Å². The van der Waals surface area contributed by atoms with E-state index < -0.39 is 0 Å². The molecule has 0 aliphatic carbocycles. The van der Waals surface area contributed by atoms with Gasteiger partial charge in [0.15, 0.2) is 0 Å². The van der Waals surface area contributed by atoms with E-state index in [9.17, 15) is 0 Å². The molecular weight excluding hydrogens is 192 g/mol. The summed E-state index contributed by atoms with van der Waals surface area (Å²) in [5.74, 6) is 0. The highest BCUT2D eigenvalue weighted by Crippen LogP contribution is 2.12. The number of hydrogen-bond acceptors (Lipinski definition) is 3. The minimum atomic E-state index is 0.126. The highest BCUT2D eigenvalue weighted by Gasteiger charge is 2.01. The van der Waals surface area contributed by atoms with Crippen LogP contribution < -0.4 is 0 Å². The largest absolute Gasteiger partial charge is 0.396 e. The zero-order valence-electron chi connectivity index (χ0n) is 8.82. The molecule has 0 radical (unpaired) electrons. The molecule has 0 saturated heterocycles. The van der Waals surface area contributed by atoms with Crippen molar-refractivity contribution in [1.29, 1.82) is 0 Å². The van der Waals surface area contributed by atoms with Crippen molar-refractivity contribution < 1.29 is 15.3 Å². The first-order chi connectivity index (χ1) is 7.30. The minimum absolute atomic E-state index is 0.126. The first-order valence-corrected chi connectivity index (χ1v) is 5.24. The van der Waals surface area contributed by atoms with Gasteiger partial charge in [0.1, 0.15) is 0 Å². The molecule has 1 rings (SSSR count). The van der Waals surface area contributed by atoms with Gasteiger partial charge < -0.3 is 15.3 Å². The molecule has 84 valence electrons. The second-order valence-electron chi connectivity index (χ2n) is 3.58. The molecule has 0 aliphatic rings. The van der Waals surface area contributed by atoms with Crippen LogP contribution in [0.25, 0.3) is 0 Å². The van der Waals surface area contributed by atoms with Gasteiger partial charge in [-0.15, -0.1) is 0 Å². The summed E-state index contributed by atoms with van der Waals surface area (Å²) in [7, 11) is 0. The zero-order valence-corrected chi connectivity index (χ0v) is 8.82. The summed E-state index contributed by atoms with van der Waals surface area (Å²) in [5, 5.41) is 26.6. The lowest BCUT2D eigenvalue weighted by atomic mass is 10.0. The number of aliphatic hydroxyl groups is 3. The lowest BCUT2D eigenvalue weighted by Gasteiger charge is -2.07. The van der Waals surface area contributed by atoms with Crippen LogP contribution in [0.1, 0.15) is 16.7 Å². The van der Waals surface area contributed by atoms with Gasteiger partial charge in [-0.2, -0.15) is 0 Å². The van der Waals surface area contributed by atoms with Gasteiger partial charge in [-0.25, -0.2) is 0 Å². The van der Waals surface area contributed by atoms with Crippen LogP contribution in [0.4, 0.5) is 0 Å². The summed E-state index contributed by atoms with van der Waals surface area (Å²) in [5.41, 5.74) is 3.19. The Labute approximate surface area is 90.0 Å². The average Bonchev–Trinajstić information content (AvgIpc) is 2.19. The first-order valence-electron chi connectivity index (χ1n) is 5.24. The lowest BCUT2D eigenvalue weighted by Crippen LogP contribution is -2.00. The normalized spacial score (nSPS) is 10.6. The Balaban J connectivity index is 2.86. The molecule has 0 spiro atoms. The molecule has 0 fully saturated rings. The van der Waals surface area contributed by atoms with Gasteiger partial charge in [0, 0.05) is 19.8 Å². The second kappa shape index (κ2) is 6.56. The van der Waals surface area contributed by atoms with Crippen molar-refractivity contribution >= 4 is 0 Å². The Kier molecular flexibility index (Phi) is 5.32. The standard InChI is InChI=1S/C12H18O3/c13-4-1-10-7-11(2-5-14)9-12(8-10)3-6-15/h7-9,13-15H,1-6H2. The number of benzene rings is 1. The van der Waals surface area contributed by atoms with Crippen molar-refractivity contribution in [3.63, 3.8) is 0 Å². The minimum Gasteiger partial charge on any atom is -0.396 e. The molecule has 0 bridgehead atoms. The smallest absolute Gasteiger partial charge is 0.0471 e. The Bertz CT molecular complexity index is 237. The first kappa shape index (κ1) is 12.2. The van der Waals surface area contributed by atoms with E-state index in [0.29, 0.717) is 19.3 Å². The van der Waals surface area contributed by atoms with Gasteiger partial charge in [0.05, 0.1) is 0 Å². The van der Waals surface area contributed by atoms with E-state index in [-0.39, 0.29) is 19.8 Å². The monoisotopic (exact) mass is 210 g/mol. The summed E-state index contributed by atoms with van der Waals surface area (Å²) in [6, 6.07) is 5.98. The predicted molar refractivity (Wildman–Crippen MR) is 58.8 cm³/mol. The molecule has 0 aliphatic heterocycles. The van der Waals surface area contributed by atoms with Gasteiger partial charge in [-0.1, -0.05) is 18.2 Å². The molecule has 0 heterocycles. The molecule has 3 heteroatoms. The van der Waals surface area contributed by atoms with Gasteiger partial charge in [-0.05, 0) is 36.0 Å². The topological polar surface area (TPSA) is 60.7 Å². The summed E-state index contributed by atoms with van der Waals surface area (Å²) in [6.45, 7) is 0.378. The van der Waals surface area contributed by atoms with E-state index in [0.717, 1.165) is 16.7 Å². The van der Waals surface area contributed by atoms with Crippen LogP contribution in [-0.2, 0) is 19.3 Å². The SMILES string of the molecule is OCCc1cc(CCO)cc(CCO)c1. The maximum absolute atomic E-state index is 8.86. The molecule has 3 nitrogen and oxygen atoms in total. The van der Waals surface area contributed by atoms with E-state index in [4.69, 9.17) is 15.3 Å². The van der Waals surface area contributed by atoms with E-state index in [1.165, 1.54) is 0 Å². The quantitative estimate of drug-likeness (QED) is 0.632. The molecule has 0 aromatic heterocycles. The number of rotatable bonds is 6. The van der Waals surface area contributed by atoms with Crippen molar-refractivity contribution in [3.8, 4) is 0 Å². The highest BCUT2D eigenvalue weighted by atomic mass is 16.3. The molecule has 0 unspecified atom stereocenters. The molecule has 0 atom stereocenters. The Morgan fingerprint density at radius 3 is 1.07 bits per heavy atom. The fourth-order valence-corrected chi connectivity index (χ4v) is 1.66. The third-order valence-corrected chi connectivity index (χ3v) is 2.31. The van der Waals surface area contributed by atoms with Crippen molar-refractivity contribution in [1.82, 2.24) is 0 Å². The van der Waals surface area contributed by atoms with E-state index >= 15 is 0 Å². The van der Waals surface area contributed by atoms with Gasteiger partial charge in [-0.3, -0.25) is 0 Å². The Hall–Kier alpha value is -0.900. The molecule has 1 aromatic rings. The maximum Gasteiger partial charge on any atom is 0.0471 e. The zero-order chi connectivity index (χ0) is 11.1. The van der Waals surface area contributed by atoms with Crippen molar-refractivity contribution in [3.05, 3.63) is 34.9 Å². The van der Waals surface area contributed by atoms with Crippen LogP contribution in [0.15, 0.2) is 18.2 Å². The summed E-state index contributed by atoms with van der Waals surface area (Å²) < 4.78 is 0. The second-order valence-corrected chi connectivity index (χ2v) is 3.58. The Morgan fingerprint density at radius 1 is 0.600 bits per heavy atom. The van der Waals surface area contributed by atoms with Gasteiger partial charge >= 0.3 is 0 Å². The van der Waals surface area contributed by atoms with Gasteiger partial charge in [0.25, 0.3) is 0 Å². The predicted octanol–water partition coefficient (Wildman–Crippen LogP) is 0.291. The number of aliphatic hydroxyl groups excluding tert-OH is 3. The average molecular weight is 210 g/mol. The lowest BCUT2D eigenvalue weighted by molar-refractivity contribution is 0.296. The molecule has 3 N–H and O–H groups in total. The number of hydrogen-bond donors (Lipinski definition) is 3. The van der Waals surface area contributed by atoms with Gasteiger partial charge in [0.2, 0.25) is 0 Å². The molecule has 0 saturated carbocycles. The summed E-state index contributed by atoms with van der Waals surface area (Å²) in [6.07, 6.45) is 1.87. The highest BCUT2D eigenvalue weighted by molar-refractivity contribution is 5.30. The van der Waals surface area contributed by atoms with E-state index in [1.807, 2.05) is 18.2 Å². The van der Waals surface area contributed by atoms with Crippen LogP contribution in [0.2, 0.25) is 0 Å². The van der Waals surface area contributed by atoms with Crippen LogP contribution >= 0.6 is 0 Å². The third-order valence-electron chi connectivity index (χ3n) is 2.31. The van der Waals surface area contributed by atoms with Crippen LogP contribution in [0, 0.1) is 0 Å². The van der Waals surface area contributed by atoms with Crippen molar-refractivity contribution in [2.45, 2.75) is 19.3 Å². The van der Waals surface area contributed by atoms with Crippen LogP contribution in [0.5, 0.6) is 0 Å².